The number of hydrogen-bond donors (Lipinski definition) is 0. The molecule has 1 spiro atoms. The second-order valence-electron chi connectivity index (χ2n) is 5.91. The van der Waals surface area contributed by atoms with Crippen LogP contribution in [0, 0.1) is 5.92 Å². The summed E-state index contributed by atoms with van der Waals surface area (Å²) in [6.07, 6.45) is 7.55. The zero-order chi connectivity index (χ0) is 11.5. The number of esters is 1. The van der Waals surface area contributed by atoms with Crippen molar-refractivity contribution in [2.75, 3.05) is 0 Å². The van der Waals surface area contributed by atoms with Crippen molar-refractivity contribution >= 4 is 5.97 Å². The van der Waals surface area contributed by atoms with Gasteiger partial charge < -0.3 is 14.2 Å². The Kier molecular flexibility index (Phi) is 2.10. The lowest BCUT2D eigenvalue weighted by molar-refractivity contribution is -0.205. The summed E-state index contributed by atoms with van der Waals surface area (Å²) >= 11 is 0. The van der Waals surface area contributed by atoms with Crippen molar-refractivity contribution in [3.05, 3.63) is 0 Å². The lowest BCUT2D eigenvalue weighted by Gasteiger charge is -2.33. The molecule has 0 amide bonds. The van der Waals surface area contributed by atoms with Crippen LogP contribution in [0.4, 0.5) is 0 Å². The van der Waals surface area contributed by atoms with Gasteiger partial charge in [-0.25, -0.2) is 0 Å². The molecule has 2 saturated carbocycles. The summed E-state index contributed by atoms with van der Waals surface area (Å²) in [5, 5.41) is 0. The fourth-order valence-corrected chi connectivity index (χ4v) is 3.92. The van der Waals surface area contributed by atoms with E-state index in [1.807, 2.05) is 0 Å². The number of hydrogen-bond acceptors (Lipinski definition) is 4. The zero-order valence-corrected chi connectivity index (χ0v) is 9.89. The lowest BCUT2D eigenvalue weighted by Crippen LogP contribution is -2.40. The third-order valence-electron chi connectivity index (χ3n) is 4.63. The Morgan fingerprint density at radius 2 is 1.76 bits per heavy atom. The highest BCUT2D eigenvalue weighted by Crippen LogP contribution is 2.49. The van der Waals surface area contributed by atoms with E-state index in [-0.39, 0.29) is 30.2 Å². The number of carbonyl (C=O) groups is 1. The van der Waals surface area contributed by atoms with E-state index in [0.29, 0.717) is 6.42 Å². The summed E-state index contributed by atoms with van der Waals surface area (Å²) in [5.74, 6) is -0.540. The van der Waals surface area contributed by atoms with Crippen LogP contribution >= 0.6 is 0 Å². The standard InChI is InChI=1S/C13H18O4/c14-12-8-5-9(15-12)7-13(6-8)16-10-3-1-2-4-11(10)17-13/h8-11H,1-7H2. The Morgan fingerprint density at radius 3 is 2.41 bits per heavy atom. The van der Waals surface area contributed by atoms with E-state index in [1.165, 1.54) is 12.8 Å². The Bertz CT molecular complexity index is 339. The van der Waals surface area contributed by atoms with Gasteiger partial charge in [-0.3, -0.25) is 4.79 Å². The fraction of sp³-hybridized carbons (Fsp3) is 0.923. The molecule has 4 nitrogen and oxygen atoms in total. The summed E-state index contributed by atoms with van der Waals surface area (Å²) in [6.45, 7) is 0. The van der Waals surface area contributed by atoms with Crippen LogP contribution in [0.2, 0.25) is 0 Å². The van der Waals surface area contributed by atoms with Gasteiger partial charge in [0.25, 0.3) is 0 Å². The largest absolute Gasteiger partial charge is 0.462 e. The van der Waals surface area contributed by atoms with Crippen LogP contribution in [0.25, 0.3) is 0 Å². The van der Waals surface area contributed by atoms with Gasteiger partial charge in [0.05, 0.1) is 18.1 Å². The number of ether oxygens (including phenoxy) is 3. The van der Waals surface area contributed by atoms with Gasteiger partial charge in [0, 0.05) is 12.8 Å². The van der Waals surface area contributed by atoms with Crippen molar-refractivity contribution in [2.45, 2.75) is 69.0 Å². The van der Waals surface area contributed by atoms with E-state index in [1.54, 1.807) is 0 Å². The molecular formula is C13H18O4. The molecule has 17 heavy (non-hydrogen) atoms. The average Bonchev–Trinajstić information content (AvgIpc) is 2.76. The van der Waals surface area contributed by atoms with Crippen molar-refractivity contribution < 1.29 is 19.0 Å². The van der Waals surface area contributed by atoms with Crippen molar-refractivity contribution in [1.82, 2.24) is 0 Å². The molecule has 4 heteroatoms. The Hall–Kier alpha value is -0.610. The quantitative estimate of drug-likeness (QED) is 0.603. The van der Waals surface area contributed by atoms with Crippen LogP contribution in [0.15, 0.2) is 0 Å². The highest BCUT2D eigenvalue weighted by molar-refractivity contribution is 5.75. The third-order valence-corrected chi connectivity index (χ3v) is 4.63. The summed E-state index contributed by atoms with van der Waals surface area (Å²) in [7, 11) is 0. The molecule has 94 valence electrons. The van der Waals surface area contributed by atoms with Crippen LogP contribution in [-0.4, -0.2) is 30.1 Å². The molecule has 4 fully saturated rings. The van der Waals surface area contributed by atoms with E-state index in [9.17, 15) is 4.79 Å². The molecule has 4 unspecified atom stereocenters. The molecular weight excluding hydrogens is 220 g/mol. The Morgan fingerprint density at radius 1 is 1.06 bits per heavy atom. The molecule has 0 radical (unpaired) electrons. The second kappa shape index (κ2) is 3.45. The first-order chi connectivity index (χ1) is 8.24. The van der Waals surface area contributed by atoms with Gasteiger partial charge in [-0.1, -0.05) is 12.8 Å². The highest BCUT2D eigenvalue weighted by Gasteiger charge is 2.57. The second-order valence-corrected chi connectivity index (χ2v) is 5.91. The Balaban J connectivity index is 1.56. The van der Waals surface area contributed by atoms with Gasteiger partial charge in [-0.15, -0.1) is 0 Å². The van der Waals surface area contributed by atoms with Crippen molar-refractivity contribution in [2.24, 2.45) is 5.92 Å². The molecule has 0 N–H and O–H groups in total. The van der Waals surface area contributed by atoms with Crippen LogP contribution in [0.5, 0.6) is 0 Å². The van der Waals surface area contributed by atoms with Crippen LogP contribution in [-0.2, 0) is 19.0 Å². The van der Waals surface area contributed by atoms with Gasteiger partial charge in [0.15, 0.2) is 5.79 Å². The number of rotatable bonds is 0. The SMILES string of the molecule is O=C1OC2CC1CC1(C2)OC2CCCCC2O1. The molecule has 4 rings (SSSR count). The van der Waals surface area contributed by atoms with Gasteiger partial charge in [0.1, 0.15) is 6.10 Å². The fourth-order valence-electron chi connectivity index (χ4n) is 3.92. The summed E-state index contributed by atoms with van der Waals surface area (Å²) < 4.78 is 17.7. The van der Waals surface area contributed by atoms with Gasteiger partial charge in [-0.2, -0.15) is 0 Å². The monoisotopic (exact) mass is 238 g/mol. The lowest BCUT2D eigenvalue weighted by atomic mass is 9.85. The number of carbonyl (C=O) groups excluding carboxylic acids is 1. The first-order valence-electron chi connectivity index (χ1n) is 6.80. The van der Waals surface area contributed by atoms with Crippen LogP contribution in [0.3, 0.4) is 0 Å². The maximum Gasteiger partial charge on any atom is 0.309 e. The smallest absolute Gasteiger partial charge is 0.309 e. The Labute approximate surface area is 101 Å². The van der Waals surface area contributed by atoms with E-state index in [4.69, 9.17) is 14.2 Å². The maximum atomic E-state index is 11.6. The van der Waals surface area contributed by atoms with E-state index >= 15 is 0 Å². The van der Waals surface area contributed by atoms with E-state index < -0.39 is 5.79 Å². The van der Waals surface area contributed by atoms with E-state index in [0.717, 1.165) is 25.7 Å². The predicted octanol–water partition coefficient (Wildman–Crippen LogP) is 1.77. The normalized spacial score (nSPS) is 52.6. The molecule has 0 aromatic carbocycles. The number of fused-ring (bicyclic) bond motifs is 3. The zero-order valence-electron chi connectivity index (χ0n) is 9.89. The third kappa shape index (κ3) is 1.54. The molecule has 2 aliphatic heterocycles. The molecule has 2 saturated heterocycles. The minimum atomic E-state index is -0.501. The molecule has 0 aromatic heterocycles. The molecule has 0 aromatic rings. The van der Waals surface area contributed by atoms with Crippen LogP contribution in [0.1, 0.15) is 44.9 Å². The minimum absolute atomic E-state index is 0.00824. The predicted molar refractivity (Wildman–Crippen MR) is 58.2 cm³/mol. The van der Waals surface area contributed by atoms with Gasteiger partial charge >= 0.3 is 5.97 Å². The van der Waals surface area contributed by atoms with Crippen LogP contribution < -0.4 is 0 Å². The first kappa shape index (κ1) is 10.3. The molecule has 4 aliphatic rings. The molecule has 4 atom stereocenters. The molecule has 2 aliphatic carbocycles. The van der Waals surface area contributed by atoms with Gasteiger partial charge in [-0.05, 0) is 19.3 Å². The first-order valence-corrected chi connectivity index (χ1v) is 6.80. The molecule has 2 bridgehead atoms. The summed E-state index contributed by atoms with van der Waals surface area (Å²) in [4.78, 5) is 11.6. The van der Waals surface area contributed by atoms with Crippen molar-refractivity contribution in [3.8, 4) is 0 Å². The summed E-state index contributed by atoms with van der Waals surface area (Å²) in [5.41, 5.74) is 0. The van der Waals surface area contributed by atoms with Crippen molar-refractivity contribution in [3.63, 3.8) is 0 Å². The van der Waals surface area contributed by atoms with Gasteiger partial charge in [0.2, 0.25) is 0 Å². The topological polar surface area (TPSA) is 44.8 Å². The molecule has 2 heterocycles. The summed E-state index contributed by atoms with van der Waals surface area (Å²) in [6, 6.07) is 0. The van der Waals surface area contributed by atoms with E-state index in [2.05, 4.69) is 0 Å². The maximum absolute atomic E-state index is 11.6. The van der Waals surface area contributed by atoms with Crippen molar-refractivity contribution in [1.29, 1.82) is 0 Å². The minimum Gasteiger partial charge on any atom is -0.462 e. The average molecular weight is 238 g/mol. The highest BCUT2D eigenvalue weighted by atomic mass is 16.8.